The van der Waals surface area contributed by atoms with Crippen molar-refractivity contribution < 1.29 is 14.5 Å². The van der Waals surface area contributed by atoms with E-state index in [0.717, 1.165) is 0 Å². The third kappa shape index (κ3) is 8.50. The van der Waals surface area contributed by atoms with Gasteiger partial charge < -0.3 is 14.5 Å². The lowest BCUT2D eigenvalue weighted by atomic mass is 10.1. The summed E-state index contributed by atoms with van der Waals surface area (Å²) < 4.78 is 0.988. The first kappa shape index (κ1) is 33.2. The summed E-state index contributed by atoms with van der Waals surface area (Å²) in [5.74, 6) is 0.669. The topological polar surface area (TPSA) is 93.7 Å². The van der Waals surface area contributed by atoms with Crippen molar-refractivity contribution in [3.63, 3.8) is 0 Å². The van der Waals surface area contributed by atoms with Gasteiger partial charge in [-0.3, -0.25) is 0 Å². The first-order chi connectivity index (χ1) is 20.0. The molecule has 1 heterocycles. The summed E-state index contributed by atoms with van der Waals surface area (Å²) in [6, 6.07) is 20.7. The van der Waals surface area contributed by atoms with E-state index in [2.05, 4.69) is 95.6 Å². The number of rotatable bonds is 12. The van der Waals surface area contributed by atoms with E-state index in [1.807, 2.05) is 0 Å². The number of aromatic nitrogens is 3. The van der Waals surface area contributed by atoms with E-state index >= 15 is 0 Å². The Kier molecular flexibility index (Phi) is 12.2. The second kappa shape index (κ2) is 15.4. The third-order valence-corrected chi connectivity index (χ3v) is 7.59. The summed E-state index contributed by atoms with van der Waals surface area (Å²) in [6.07, 6.45) is 1.40. The average Bonchev–Trinajstić information content (AvgIpc) is 2.93. The molecule has 0 saturated heterocycles. The lowest BCUT2D eigenvalue weighted by molar-refractivity contribution is 0.0643. The zero-order chi connectivity index (χ0) is 30.4. The van der Waals surface area contributed by atoms with Crippen LogP contribution in [0.1, 0.15) is 16.7 Å². The van der Waals surface area contributed by atoms with Crippen LogP contribution in [0.25, 0.3) is 0 Å². The van der Waals surface area contributed by atoms with Gasteiger partial charge in [0.05, 0.1) is 11.2 Å². The highest BCUT2D eigenvalue weighted by atomic mass is 79.9. The Hall–Kier alpha value is -1.65. The minimum Gasteiger partial charge on any atom is -0.366 e. The molecule has 0 unspecified atom stereocenters. The largest absolute Gasteiger partial charge is 0.404 e. The molecule has 0 fully saturated rings. The van der Waals surface area contributed by atoms with Gasteiger partial charge in [-0.2, -0.15) is 0 Å². The normalized spacial score (nSPS) is 11.4. The summed E-state index contributed by atoms with van der Waals surface area (Å²) in [5, 5.41) is 0. The fourth-order valence-electron chi connectivity index (χ4n) is 3.81. The molecule has 4 aromatic rings. The summed E-state index contributed by atoms with van der Waals surface area (Å²) in [4.78, 5) is 58.5. The van der Waals surface area contributed by atoms with Gasteiger partial charge in [-0.1, -0.05) is 164 Å². The molecule has 0 radical (unpaired) electrons. The molecule has 0 atom stereocenters. The van der Waals surface area contributed by atoms with Crippen LogP contribution < -0.4 is 31.6 Å². The zero-order valence-electron chi connectivity index (χ0n) is 21.3. The monoisotopic (exact) mass is 957 g/mol. The van der Waals surface area contributed by atoms with E-state index < -0.39 is 17.1 Å². The first-order valence-corrected chi connectivity index (χ1v) is 17.7. The van der Waals surface area contributed by atoms with Gasteiger partial charge in [-0.05, 0) is 54.2 Å². The molecule has 42 heavy (non-hydrogen) atoms. The van der Waals surface area contributed by atoms with Gasteiger partial charge in [0.15, 0.2) is 17.2 Å². The highest BCUT2D eigenvalue weighted by Gasteiger charge is 2.23. The number of para-hydroxylation sites is 3. The molecule has 0 aliphatic heterocycles. The molecule has 0 aliphatic rings. The Morgan fingerprint density at radius 3 is 0.929 bits per heavy atom. The van der Waals surface area contributed by atoms with Crippen molar-refractivity contribution in [1.82, 2.24) is 14.2 Å². The van der Waals surface area contributed by atoms with Crippen LogP contribution >= 0.6 is 95.6 Å². The fraction of sp³-hybridized carbons (Fsp3) is 0.222. The van der Waals surface area contributed by atoms with Crippen molar-refractivity contribution >= 4 is 95.6 Å². The van der Waals surface area contributed by atoms with E-state index in [0.29, 0.717) is 50.1 Å². The number of hydrogen-bond donors (Lipinski definition) is 0. The van der Waals surface area contributed by atoms with Crippen LogP contribution in [0.5, 0.6) is 17.2 Å². The maximum absolute atomic E-state index is 13.7. The van der Waals surface area contributed by atoms with Crippen LogP contribution in [-0.2, 0) is 19.3 Å². The lowest BCUT2D eigenvalue weighted by Crippen LogP contribution is -2.58. The van der Waals surface area contributed by atoms with Crippen LogP contribution in [0, 0.1) is 0 Å². The molecule has 4 rings (SSSR count). The molecule has 0 spiro atoms. The van der Waals surface area contributed by atoms with E-state index in [9.17, 15) is 14.4 Å². The molecule has 222 valence electrons. The van der Waals surface area contributed by atoms with E-state index in [1.165, 1.54) is 0 Å². The average molecular weight is 963 g/mol. The van der Waals surface area contributed by atoms with Gasteiger partial charge in [-0.15, -0.1) is 0 Å². The van der Waals surface area contributed by atoms with Crippen molar-refractivity contribution in [1.29, 1.82) is 0 Å². The summed E-state index contributed by atoms with van der Waals surface area (Å²) in [7, 11) is 0. The Morgan fingerprint density at radius 2 is 0.690 bits per heavy atom. The fourth-order valence-corrected chi connectivity index (χ4v) is 5.90. The van der Waals surface area contributed by atoms with Gasteiger partial charge >= 0.3 is 17.1 Å². The van der Waals surface area contributed by atoms with Gasteiger partial charge in [-0.25, -0.2) is 14.4 Å². The molecule has 0 saturated carbocycles. The SMILES string of the molecule is O=c1n(Oc2ccccc2CC(Br)Br)c(=O)n(Oc2ccccc2CC(Br)Br)c(=O)n1Oc1ccccc1CC(Br)Br. The summed E-state index contributed by atoms with van der Waals surface area (Å²) in [5.41, 5.74) is -1.42. The minimum atomic E-state index is -1.16. The Balaban J connectivity index is 1.90. The molecule has 0 N–H and O–H groups in total. The van der Waals surface area contributed by atoms with Gasteiger partial charge in [0.1, 0.15) is 0 Å². The highest BCUT2D eigenvalue weighted by Crippen LogP contribution is 2.26. The maximum Gasteiger partial charge on any atom is 0.404 e. The van der Waals surface area contributed by atoms with Crippen LogP contribution in [0.4, 0.5) is 0 Å². The van der Waals surface area contributed by atoms with Crippen molar-refractivity contribution in [3.8, 4) is 17.2 Å². The van der Waals surface area contributed by atoms with Gasteiger partial charge in [0, 0.05) is 0 Å². The second-order valence-electron chi connectivity index (χ2n) is 8.61. The first-order valence-electron chi connectivity index (χ1n) is 12.2. The lowest BCUT2D eigenvalue weighted by Gasteiger charge is -2.17. The number of halogens is 6. The van der Waals surface area contributed by atoms with E-state index in [4.69, 9.17) is 14.5 Å². The minimum absolute atomic E-state index is 0.0999. The summed E-state index contributed by atoms with van der Waals surface area (Å²) in [6.45, 7) is 0. The molecule has 0 amide bonds. The zero-order valence-corrected chi connectivity index (χ0v) is 30.9. The molecular weight excluding hydrogens is 942 g/mol. The second-order valence-corrected chi connectivity index (χ2v) is 18.9. The Morgan fingerprint density at radius 1 is 0.452 bits per heavy atom. The predicted molar refractivity (Wildman–Crippen MR) is 183 cm³/mol. The van der Waals surface area contributed by atoms with Gasteiger partial charge in [0.2, 0.25) is 0 Å². The van der Waals surface area contributed by atoms with Crippen molar-refractivity contribution in [2.75, 3.05) is 0 Å². The summed E-state index contributed by atoms with van der Waals surface area (Å²) >= 11 is 20.7. The molecule has 9 nitrogen and oxygen atoms in total. The number of benzene rings is 3. The Bertz CT molecular complexity index is 1490. The van der Waals surface area contributed by atoms with E-state index in [-0.39, 0.29) is 28.5 Å². The molecule has 1 aromatic heterocycles. The molecular formula is C27H21Br6N3O6. The predicted octanol–water partition coefficient (Wildman–Crippen LogP) is 6.67. The highest BCUT2D eigenvalue weighted by molar-refractivity contribution is 9.25. The molecule has 15 heteroatoms. The quantitative estimate of drug-likeness (QED) is 0.148. The van der Waals surface area contributed by atoms with Crippen LogP contribution in [-0.4, -0.2) is 25.4 Å². The molecule has 3 aromatic carbocycles. The Labute approximate surface area is 290 Å². The van der Waals surface area contributed by atoms with E-state index in [1.54, 1.807) is 72.8 Å². The number of nitrogens with zero attached hydrogens (tertiary/aromatic N) is 3. The van der Waals surface area contributed by atoms with Crippen molar-refractivity contribution in [3.05, 3.63) is 121 Å². The molecule has 0 bridgehead atoms. The van der Waals surface area contributed by atoms with Crippen LogP contribution in [0.15, 0.2) is 87.2 Å². The van der Waals surface area contributed by atoms with Gasteiger partial charge in [0.25, 0.3) is 0 Å². The molecule has 0 aliphatic carbocycles. The van der Waals surface area contributed by atoms with Crippen molar-refractivity contribution in [2.45, 2.75) is 30.5 Å². The van der Waals surface area contributed by atoms with Crippen LogP contribution in [0.2, 0.25) is 0 Å². The maximum atomic E-state index is 13.7. The van der Waals surface area contributed by atoms with Crippen molar-refractivity contribution in [2.24, 2.45) is 0 Å². The number of hydrogen-bond acceptors (Lipinski definition) is 6. The number of alkyl halides is 6. The standard InChI is InChI=1S/C27H21Br6N3O6/c28-22(29)13-16-7-1-4-10-19(16)40-34-25(37)35(41-20-11-5-2-8-17(20)14-23(30)31)27(39)36(26(34)38)42-21-12-6-3-9-18(21)15-24(32)33/h1-12,22-24H,13-15H2. The van der Waals surface area contributed by atoms with Crippen LogP contribution in [0.3, 0.4) is 0 Å². The third-order valence-electron chi connectivity index (χ3n) is 5.65. The smallest absolute Gasteiger partial charge is 0.366 e.